The van der Waals surface area contributed by atoms with Gasteiger partial charge in [0.05, 0.1) is 17.5 Å². The van der Waals surface area contributed by atoms with Gasteiger partial charge in [0.15, 0.2) is 0 Å². The van der Waals surface area contributed by atoms with Crippen LogP contribution in [0.1, 0.15) is 67.6 Å². The van der Waals surface area contributed by atoms with E-state index in [0.29, 0.717) is 29.4 Å². The number of aliphatic carboxylic acids is 1. The third-order valence-electron chi connectivity index (χ3n) is 5.52. The zero-order valence-corrected chi connectivity index (χ0v) is 16.8. The third kappa shape index (κ3) is 3.96. The molecule has 1 amide bonds. The van der Waals surface area contributed by atoms with Crippen LogP contribution in [-0.4, -0.2) is 33.3 Å². The van der Waals surface area contributed by atoms with Gasteiger partial charge in [-0.1, -0.05) is 51.1 Å². The summed E-state index contributed by atoms with van der Waals surface area (Å²) in [5.74, 6) is -0.357. The van der Waals surface area contributed by atoms with Crippen molar-refractivity contribution in [1.82, 2.24) is 15.1 Å². The molecule has 0 saturated heterocycles. The highest BCUT2D eigenvalue weighted by atomic mass is 16.4. The largest absolute Gasteiger partial charge is 0.481 e. The topological polar surface area (TPSA) is 84.2 Å². The summed E-state index contributed by atoms with van der Waals surface area (Å²) in [4.78, 5) is 25.1. The standard InChI is InChI=1S/C22H29N3O3/c1-4-22(21(27)28,17-8-6-5-7-9-17)14-23-20(26)18-12-24-25(13-15(2)3)19(18)16-10-11-16/h5-9,12,15-16H,4,10-11,13-14H2,1-3H3,(H,23,26)(H,27,28). The predicted molar refractivity (Wildman–Crippen MR) is 107 cm³/mol. The van der Waals surface area contributed by atoms with E-state index in [0.717, 1.165) is 25.1 Å². The number of carboxylic acids is 1. The van der Waals surface area contributed by atoms with E-state index in [1.54, 1.807) is 18.3 Å². The van der Waals surface area contributed by atoms with Gasteiger partial charge < -0.3 is 10.4 Å². The number of nitrogens with zero attached hydrogens (tertiary/aromatic N) is 2. The van der Waals surface area contributed by atoms with Gasteiger partial charge in [-0.2, -0.15) is 5.10 Å². The van der Waals surface area contributed by atoms with Crippen molar-refractivity contribution in [2.24, 2.45) is 5.92 Å². The van der Waals surface area contributed by atoms with Crippen molar-refractivity contribution in [1.29, 1.82) is 0 Å². The molecule has 0 radical (unpaired) electrons. The molecule has 1 aromatic heterocycles. The van der Waals surface area contributed by atoms with Crippen LogP contribution in [0.4, 0.5) is 0 Å². The summed E-state index contributed by atoms with van der Waals surface area (Å²) in [6.45, 7) is 6.91. The maximum Gasteiger partial charge on any atom is 0.315 e. The number of nitrogens with one attached hydrogen (secondary N) is 1. The van der Waals surface area contributed by atoms with E-state index in [1.807, 2.05) is 29.8 Å². The van der Waals surface area contributed by atoms with Crippen molar-refractivity contribution in [3.63, 3.8) is 0 Å². The quantitative estimate of drug-likeness (QED) is 0.693. The smallest absolute Gasteiger partial charge is 0.315 e. The monoisotopic (exact) mass is 383 g/mol. The van der Waals surface area contributed by atoms with Crippen molar-refractivity contribution in [3.05, 3.63) is 53.3 Å². The summed E-state index contributed by atoms with van der Waals surface area (Å²) >= 11 is 0. The van der Waals surface area contributed by atoms with Crippen LogP contribution in [-0.2, 0) is 16.8 Å². The molecule has 1 fully saturated rings. The van der Waals surface area contributed by atoms with Gasteiger partial charge in [0.2, 0.25) is 0 Å². The minimum atomic E-state index is -1.15. The first-order valence-electron chi connectivity index (χ1n) is 10.0. The Morgan fingerprint density at radius 3 is 2.50 bits per heavy atom. The van der Waals surface area contributed by atoms with Crippen LogP contribution < -0.4 is 5.32 Å². The predicted octanol–water partition coefficient (Wildman–Crippen LogP) is 3.58. The summed E-state index contributed by atoms with van der Waals surface area (Å²) in [5, 5.41) is 17.3. The van der Waals surface area contributed by atoms with Gasteiger partial charge >= 0.3 is 5.97 Å². The van der Waals surface area contributed by atoms with Crippen LogP contribution in [0.25, 0.3) is 0 Å². The molecule has 1 aliphatic rings. The zero-order chi connectivity index (χ0) is 20.3. The van der Waals surface area contributed by atoms with E-state index >= 15 is 0 Å². The Morgan fingerprint density at radius 1 is 1.29 bits per heavy atom. The number of benzene rings is 1. The van der Waals surface area contributed by atoms with E-state index in [-0.39, 0.29) is 12.5 Å². The fourth-order valence-electron chi connectivity index (χ4n) is 3.71. The van der Waals surface area contributed by atoms with Crippen molar-refractivity contribution in [2.45, 2.75) is 57.9 Å². The molecular weight excluding hydrogens is 354 g/mol. The normalized spacial score (nSPS) is 16.0. The van der Waals surface area contributed by atoms with E-state index in [9.17, 15) is 14.7 Å². The number of carbonyl (C=O) groups excluding carboxylic acids is 1. The maximum atomic E-state index is 13.0. The van der Waals surface area contributed by atoms with Crippen LogP contribution >= 0.6 is 0 Å². The molecule has 0 spiro atoms. The average Bonchev–Trinajstić information content (AvgIpc) is 3.43. The molecule has 0 bridgehead atoms. The van der Waals surface area contributed by atoms with Crippen LogP contribution in [0.5, 0.6) is 0 Å². The number of amides is 1. The van der Waals surface area contributed by atoms with Crippen molar-refractivity contribution < 1.29 is 14.7 Å². The number of hydrogen-bond acceptors (Lipinski definition) is 3. The summed E-state index contributed by atoms with van der Waals surface area (Å²) < 4.78 is 1.94. The number of carbonyl (C=O) groups is 2. The van der Waals surface area contributed by atoms with Gasteiger partial charge in [-0.05, 0) is 30.7 Å². The van der Waals surface area contributed by atoms with E-state index in [1.165, 1.54) is 0 Å². The molecule has 28 heavy (non-hydrogen) atoms. The minimum Gasteiger partial charge on any atom is -0.481 e. The van der Waals surface area contributed by atoms with E-state index < -0.39 is 11.4 Å². The molecule has 2 N–H and O–H groups in total. The summed E-state index contributed by atoms with van der Waals surface area (Å²) in [6.07, 6.45) is 4.15. The van der Waals surface area contributed by atoms with Gasteiger partial charge in [0.25, 0.3) is 5.91 Å². The molecule has 1 unspecified atom stereocenters. The third-order valence-corrected chi connectivity index (χ3v) is 5.52. The van der Waals surface area contributed by atoms with Gasteiger partial charge in [-0.25, -0.2) is 0 Å². The number of rotatable bonds is 9. The Bertz CT molecular complexity index is 840. The van der Waals surface area contributed by atoms with Crippen LogP contribution in [0.3, 0.4) is 0 Å². The second-order valence-corrected chi connectivity index (χ2v) is 8.08. The van der Waals surface area contributed by atoms with Gasteiger partial charge in [-0.3, -0.25) is 14.3 Å². The summed E-state index contributed by atoms with van der Waals surface area (Å²) in [5.41, 5.74) is 1.11. The van der Waals surface area contributed by atoms with Crippen LogP contribution in [0, 0.1) is 5.92 Å². The van der Waals surface area contributed by atoms with Crippen LogP contribution in [0.15, 0.2) is 36.5 Å². The number of aromatic nitrogens is 2. The fraction of sp³-hybridized carbons (Fsp3) is 0.500. The lowest BCUT2D eigenvalue weighted by atomic mass is 9.78. The molecule has 1 aliphatic carbocycles. The fourth-order valence-corrected chi connectivity index (χ4v) is 3.71. The Hall–Kier alpha value is -2.63. The van der Waals surface area contributed by atoms with Crippen molar-refractivity contribution in [3.8, 4) is 0 Å². The Balaban J connectivity index is 1.83. The first-order valence-corrected chi connectivity index (χ1v) is 10.0. The SMILES string of the molecule is CCC(CNC(=O)c1cnn(CC(C)C)c1C1CC1)(C(=O)O)c1ccccc1. The molecule has 6 nitrogen and oxygen atoms in total. The molecule has 0 aliphatic heterocycles. The van der Waals surface area contributed by atoms with Gasteiger partial charge in [0, 0.05) is 19.0 Å². The molecule has 1 saturated carbocycles. The van der Waals surface area contributed by atoms with Crippen molar-refractivity contribution in [2.75, 3.05) is 6.54 Å². The van der Waals surface area contributed by atoms with Gasteiger partial charge in [-0.15, -0.1) is 0 Å². The first-order chi connectivity index (χ1) is 13.4. The highest BCUT2D eigenvalue weighted by molar-refractivity contribution is 5.96. The number of carboxylic acid groups (broad SMARTS) is 1. The Morgan fingerprint density at radius 2 is 1.96 bits per heavy atom. The molecule has 1 atom stereocenters. The van der Waals surface area contributed by atoms with Crippen molar-refractivity contribution >= 4 is 11.9 Å². The Kier molecular flexibility index (Phi) is 5.87. The highest BCUT2D eigenvalue weighted by Gasteiger charge is 2.40. The lowest BCUT2D eigenvalue weighted by molar-refractivity contribution is -0.143. The second-order valence-electron chi connectivity index (χ2n) is 8.08. The lowest BCUT2D eigenvalue weighted by Gasteiger charge is -2.29. The minimum absolute atomic E-state index is 0.0428. The molecule has 150 valence electrons. The molecular formula is C22H29N3O3. The molecule has 3 rings (SSSR count). The average molecular weight is 383 g/mol. The lowest BCUT2D eigenvalue weighted by Crippen LogP contribution is -2.46. The molecule has 6 heteroatoms. The summed E-state index contributed by atoms with van der Waals surface area (Å²) in [7, 11) is 0. The van der Waals surface area contributed by atoms with Gasteiger partial charge in [0.1, 0.15) is 5.41 Å². The zero-order valence-electron chi connectivity index (χ0n) is 16.8. The van der Waals surface area contributed by atoms with E-state index in [4.69, 9.17) is 0 Å². The Labute approximate surface area is 166 Å². The summed E-state index contributed by atoms with van der Waals surface area (Å²) in [6, 6.07) is 9.12. The van der Waals surface area contributed by atoms with E-state index in [2.05, 4.69) is 24.3 Å². The molecule has 2 aromatic rings. The molecule has 1 aromatic carbocycles. The van der Waals surface area contributed by atoms with Crippen LogP contribution in [0.2, 0.25) is 0 Å². The second kappa shape index (κ2) is 8.17. The maximum absolute atomic E-state index is 13.0. The molecule has 1 heterocycles. The highest BCUT2D eigenvalue weighted by Crippen LogP contribution is 2.42. The number of hydrogen-bond donors (Lipinski definition) is 2. The first kappa shape index (κ1) is 20.1.